The number of ether oxygens (including phenoxy) is 1. The zero-order valence-corrected chi connectivity index (χ0v) is 9.37. The second kappa shape index (κ2) is 4.12. The van der Waals surface area contributed by atoms with Crippen LogP contribution in [-0.2, 0) is 9.53 Å². The molecule has 0 bridgehead atoms. The van der Waals surface area contributed by atoms with Gasteiger partial charge in [0.1, 0.15) is 5.60 Å². The minimum Gasteiger partial charge on any atom is -0.456 e. The zero-order valence-electron chi connectivity index (χ0n) is 9.37. The summed E-state index contributed by atoms with van der Waals surface area (Å²) in [5, 5.41) is 9.99. The predicted octanol–water partition coefficient (Wildman–Crippen LogP) is 2.02. The number of aliphatic hydroxyl groups excluding tert-OH is 1. The summed E-state index contributed by atoms with van der Waals surface area (Å²) in [4.78, 5) is 11.3. The topological polar surface area (TPSA) is 46.5 Å². The van der Waals surface area contributed by atoms with E-state index in [0.717, 1.165) is 38.5 Å². The summed E-state index contributed by atoms with van der Waals surface area (Å²) in [6.07, 6.45) is 6.04. The molecule has 2 aliphatic rings. The van der Waals surface area contributed by atoms with E-state index < -0.39 is 11.7 Å². The molecule has 2 rings (SSSR count). The van der Waals surface area contributed by atoms with Crippen molar-refractivity contribution in [2.75, 3.05) is 0 Å². The maximum Gasteiger partial charge on any atom is 0.306 e. The fraction of sp³-hybridized carbons (Fsp3) is 0.917. The number of carbonyl (C=O) groups excluding carboxylic acids is 1. The minimum atomic E-state index is -0.508. The highest BCUT2D eigenvalue weighted by Crippen LogP contribution is 2.48. The molecule has 15 heavy (non-hydrogen) atoms. The van der Waals surface area contributed by atoms with Crippen molar-refractivity contribution < 1.29 is 14.6 Å². The largest absolute Gasteiger partial charge is 0.456 e. The van der Waals surface area contributed by atoms with Crippen LogP contribution in [0.15, 0.2) is 0 Å². The molecule has 1 aliphatic carbocycles. The van der Waals surface area contributed by atoms with Gasteiger partial charge in [-0.3, -0.25) is 4.79 Å². The average Bonchev–Trinajstić information content (AvgIpc) is 2.65. The molecule has 3 nitrogen and oxygen atoms in total. The first-order chi connectivity index (χ1) is 7.19. The number of hydrogen-bond donors (Lipinski definition) is 1. The summed E-state index contributed by atoms with van der Waals surface area (Å²) in [5.74, 6) is 0.159. The van der Waals surface area contributed by atoms with E-state index in [9.17, 15) is 9.90 Å². The second-order valence-electron chi connectivity index (χ2n) is 4.88. The Bertz CT molecular complexity index is 251. The van der Waals surface area contributed by atoms with Crippen LogP contribution < -0.4 is 0 Å². The Morgan fingerprint density at radius 3 is 3.00 bits per heavy atom. The van der Waals surface area contributed by atoms with Gasteiger partial charge in [0.2, 0.25) is 0 Å². The van der Waals surface area contributed by atoms with E-state index in [0.29, 0.717) is 6.42 Å². The average molecular weight is 212 g/mol. The Hall–Kier alpha value is -0.570. The van der Waals surface area contributed by atoms with Crippen LogP contribution in [0.5, 0.6) is 0 Å². The first-order valence-electron chi connectivity index (χ1n) is 6.09. The lowest BCUT2D eigenvalue weighted by Crippen LogP contribution is -2.41. The highest BCUT2D eigenvalue weighted by Gasteiger charge is 2.57. The Labute approximate surface area is 90.8 Å². The van der Waals surface area contributed by atoms with Gasteiger partial charge in [0.25, 0.3) is 0 Å². The van der Waals surface area contributed by atoms with Crippen LogP contribution in [0.2, 0.25) is 0 Å². The van der Waals surface area contributed by atoms with E-state index in [1.54, 1.807) is 0 Å². The van der Waals surface area contributed by atoms with Gasteiger partial charge in [-0.25, -0.2) is 0 Å². The predicted molar refractivity (Wildman–Crippen MR) is 56.3 cm³/mol. The fourth-order valence-corrected chi connectivity index (χ4v) is 3.07. The van der Waals surface area contributed by atoms with Crippen LogP contribution in [0.1, 0.15) is 51.9 Å². The van der Waals surface area contributed by atoms with Crippen molar-refractivity contribution in [1.82, 2.24) is 0 Å². The molecule has 0 aromatic heterocycles. The fourth-order valence-electron chi connectivity index (χ4n) is 3.07. The van der Waals surface area contributed by atoms with Crippen molar-refractivity contribution in [1.29, 1.82) is 0 Å². The molecule has 2 fully saturated rings. The van der Waals surface area contributed by atoms with Crippen molar-refractivity contribution in [3.63, 3.8) is 0 Å². The third-order valence-electron chi connectivity index (χ3n) is 3.93. The van der Waals surface area contributed by atoms with Gasteiger partial charge in [-0.15, -0.1) is 0 Å². The van der Waals surface area contributed by atoms with Crippen LogP contribution in [-0.4, -0.2) is 22.8 Å². The van der Waals surface area contributed by atoms with Gasteiger partial charge in [-0.2, -0.15) is 0 Å². The Kier molecular flexibility index (Phi) is 3.01. The standard InChI is InChI=1S/C12H20O3/c1-2-3-4-7-12-9(5-6-10(12)13)8-11(14)15-12/h9-10,13H,2-8H2,1H3/t9-,10-,12+/m1/s1. The monoisotopic (exact) mass is 212 g/mol. The molecular weight excluding hydrogens is 192 g/mol. The molecule has 3 heteroatoms. The lowest BCUT2D eigenvalue weighted by molar-refractivity contribution is -0.159. The van der Waals surface area contributed by atoms with Crippen molar-refractivity contribution in [3.8, 4) is 0 Å². The normalized spacial score (nSPS) is 39.2. The molecule has 1 N–H and O–H groups in total. The number of aliphatic hydroxyl groups is 1. The van der Waals surface area contributed by atoms with Crippen LogP contribution >= 0.6 is 0 Å². The Morgan fingerprint density at radius 2 is 2.27 bits per heavy atom. The summed E-state index contributed by atoms with van der Waals surface area (Å²) in [6.45, 7) is 2.15. The molecular formula is C12H20O3. The van der Waals surface area contributed by atoms with Gasteiger partial charge in [0.05, 0.1) is 12.5 Å². The van der Waals surface area contributed by atoms with E-state index in [1.807, 2.05) is 0 Å². The molecule has 0 aromatic carbocycles. The third-order valence-corrected chi connectivity index (χ3v) is 3.93. The van der Waals surface area contributed by atoms with E-state index >= 15 is 0 Å². The molecule has 0 amide bonds. The summed E-state index contributed by atoms with van der Waals surface area (Å²) in [5.41, 5.74) is -0.508. The van der Waals surface area contributed by atoms with Gasteiger partial charge in [-0.05, 0) is 25.7 Å². The molecule has 0 radical (unpaired) electrons. The lowest BCUT2D eigenvalue weighted by atomic mass is 9.84. The van der Waals surface area contributed by atoms with Gasteiger partial charge < -0.3 is 9.84 Å². The summed E-state index contributed by atoms with van der Waals surface area (Å²) >= 11 is 0. The van der Waals surface area contributed by atoms with E-state index in [4.69, 9.17) is 4.74 Å². The zero-order chi connectivity index (χ0) is 10.9. The lowest BCUT2D eigenvalue weighted by Gasteiger charge is -2.31. The number of carbonyl (C=O) groups is 1. The maximum absolute atomic E-state index is 11.3. The van der Waals surface area contributed by atoms with E-state index in [-0.39, 0.29) is 11.9 Å². The quantitative estimate of drug-likeness (QED) is 0.573. The first-order valence-corrected chi connectivity index (χ1v) is 6.09. The Morgan fingerprint density at radius 1 is 1.47 bits per heavy atom. The first kappa shape index (κ1) is 10.9. The Balaban J connectivity index is 2.03. The van der Waals surface area contributed by atoms with Crippen LogP contribution in [0, 0.1) is 5.92 Å². The summed E-state index contributed by atoms with van der Waals surface area (Å²) in [7, 11) is 0. The van der Waals surface area contributed by atoms with Gasteiger partial charge in [0, 0.05) is 5.92 Å². The highest BCUT2D eigenvalue weighted by atomic mass is 16.6. The third kappa shape index (κ3) is 1.78. The SMILES string of the molecule is CCCCC[C@]12OC(=O)C[C@H]1CC[C@H]2O. The maximum atomic E-state index is 11.3. The van der Waals surface area contributed by atoms with E-state index in [2.05, 4.69) is 6.92 Å². The molecule has 86 valence electrons. The van der Waals surface area contributed by atoms with E-state index in [1.165, 1.54) is 0 Å². The molecule has 1 saturated carbocycles. The number of esters is 1. The molecule has 1 heterocycles. The van der Waals surface area contributed by atoms with Crippen LogP contribution in [0.4, 0.5) is 0 Å². The summed E-state index contributed by atoms with van der Waals surface area (Å²) < 4.78 is 5.44. The minimum absolute atomic E-state index is 0.116. The molecule has 1 aliphatic heterocycles. The second-order valence-corrected chi connectivity index (χ2v) is 4.88. The molecule has 0 spiro atoms. The number of unbranched alkanes of at least 4 members (excludes halogenated alkanes) is 2. The van der Waals surface area contributed by atoms with Gasteiger partial charge in [0.15, 0.2) is 0 Å². The van der Waals surface area contributed by atoms with Gasteiger partial charge in [-0.1, -0.05) is 19.8 Å². The number of fused-ring (bicyclic) bond motifs is 1. The smallest absolute Gasteiger partial charge is 0.306 e. The molecule has 1 saturated heterocycles. The van der Waals surface area contributed by atoms with Crippen molar-refractivity contribution in [2.45, 2.75) is 63.6 Å². The number of rotatable bonds is 4. The summed E-state index contributed by atoms with van der Waals surface area (Å²) in [6, 6.07) is 0. The van der Waals surface area contributed by atoms with Crippen molar-refractivity contribution in [3.05, 3.63) is 0 Å². The van der Waals surface area contributed by atoms with Crippen LogP contribution in [0.25, 0.3) is 0 Å². The van der Waals surface area contributed by atoms with Gasteiger partial charge >= 0.3 is 5.97 Å². The number of hydrogen-bond acceptors (Lipinski definition) is 3. The molecule has 3 atom stereocenters. The molecule has 0 unspecified atom stereocenters. The van der Waals surface area contributed by atoms with Crippen molar-refractivity contribution >= 4 is 5.97 Å². The van der Waals surface area contributed by atoms with Crippen molar-refractivity contribution in [2.24, 2.45) is 5.92 Å². The van der Waals surface area contributed by atoms with Crippen LogP contribution in [0.3, 0.4) is 0 Å². The molecule has 0 aromatic rings. The highest BCUT2D eigenvalue weighted by molar-refractivity contribution is 5.73.